The molecule has 138 valence electrons. The van der Waals surface area contributed by atoms with Gasteiger partial charge in [0.1, 0.15) is 22.6 Å². The molecule has 0 bridgehead atoms. The summed E-state index contributed by atoms with van der Waals surface area (Å²) in [6.07, 6.45) is 1.63. The van der Waals surface area contributed by atoms with E-state index in [2.05, 4.69) is 20.4 Å². The number of hydrogen-bond acceptors (Lipinski definition) is 8. The van der Waals surface area contributed by atoms with Crippen LogP contribution in [0.3, 0.4) is 0 Å². The van der Waals surface area contributed by atoms with Gasteiger partial charge in [-0.15, -0.1) is 20.4 Å². The fraction of sp³-hybridized carbons (Fsp3) is 0.105. The van der Waals surface area contributed by atoms with E-state index in [1.807, 2.05) is 47.0 Å². The molecule has 1 aromatic carbocycles. The summed E-state index contributed by atoms with van der Waals surface area (Å²) in [6.45, 7) is 0.466. The molecular weight excluding hydrogens is 376 g/mol. The molecule has 0 atom stereocenters. The summed E-state index contributed by atoms with van der Waals surface area (Å²) in [6, 6.07) is 16.6. The molecule has 0 unspecified atom stereocenters. The maximum atomic E-state index is 8.87. The van der Waals surface area contributed by atoms with Gasteiger partial charge in [0.15, 0.2) is 16.7 Å². The molecule has 0 N–H and O–H groups in total. The topological polar surface area (TPSA) is 103 Å². The molecule has 0 amide bonds. The summed E-state index contributed by atoms with van der Waals surface area (Å²) in [5.41, 5.74) is 1.16. The highest BCUT2D eigenvalue weighted by atomic mass is 32.2. The van der Waals surface area contributed by atoms with E-state index in [1.54, 1.807) is 25.5 Å². The van der Waals surface area contributed by atoms with Crippen molar-refractivity contribution < 1.29 is 9.15 Å². The van der Waals surface area contributed by atoms with E-state index in [0.717, 1.165) is 17.1 Å². The molecule has 28 heavy (non-hydrogen) atoms. The first-order chi connectivity index (χ1) is 13.8. The van der Waals surface area contributed by atoms with Crippen molar-refractivity contribution in [3.63, 3.8) is 0 Å². The van der Waals surface area contributed by atoms with Crippen LogP contribution >= 0.6 is 11.8 Å². The van der Waals surface area contributed by atoms with Crippen LogP contribution < -0.4 is 4.74 Å². The maximum Gasteiger partial charge on any atom is 0.198 e. The van der Waals surface area contributed by atoms with Gasteiger partial charge in [-0.2, -0.15) is 5.26 Å². The van der Waals surface area contributed by atoms with Crippen LogP contribution in [0, 0.1) is 11.3 Å². The van der Waals surface area contributed by atoms with E-state index in [0.29, 0.717) is 22.6 Å². The van der Waals surface area contributed by atoms with Crippen molar-refractivity contribution in [1.82, 2.24) is 25.0 Å². The fourth-order valence-corrected chi connectivity index (χ4v) is 3.29. The third kappa shape index (κ3) is 3.72. The van der Waals surface area contributed by atoms with Gasteiger partial charge in [0.25, 0.3) is 0 Å². The average Bonchev–Trinajstić information content (AvgIpc) is 3.40. The molecule has 4 rings (SSSR count). The summed E-state index contributed by atoms with van der Waals surface area (Å²) in [7, 11) is 1.63. The minimum Gasteiger partial charge on any atom is -0.497 e. The highest BCUT2D eigenvalue weighted by molar-refractivity contribution is 7.99. The molecule has 0 saturated heterocycles. The zero-order valence-electron chi connectivity index (χ0n) is 14.8. The lowest BCUT2D eigenvalue weighted by Gasteiger charge is -2.09. The van der Waals surface area contributed by atoms with Gasteiger partial charge in [-0.05, 0) is 60.3 Å². The number of rotatable bonds is 6. The zero-order valence-corrected chi connectivity index (χ0v) is 15.6. The van der Waals surface area contributed by atoms with Gasteiger partial charge in [0.2, 0.25) is 0 Å². The Morgan fingerprint density at radius 3 is 2.57 bits per heavy atom. The summed E-state index contributed by atoms with van der Waals surface area (Å²) in [4.78, 5) is 0. The second-order valence-corrected chi connectivity index (χ2v) is 6.66. The highest BCUT2D eigenvalue weighted by Gasteiger charge is 2.17. The Hall–Kier alpha value is -3.64. The molecular formula is C19H14N6O2S. The smallest absolute Gasteiger partial charge is 0.198 e. The number of aromatic nitrogens is 5. The summed E-state index contributed by atoms with van der Waals surface area (Å²) in [5, 5.41) is 26.7. The van der Waals surface area contributed by atoms with Gasteiger partial charge in [0.05, 0.1) is 19.9 Å². The highest BCUT2D eigenvalue weighted by Crippen LogP contribution is 2.29. The van der Waals surface area contributed by atoms with E-state index in [4.69, 9.17) is 14.4 Å². The summed E-state index contributed by atoms with van der Waals surface area (Å²) < 4.78 is 12.7. The van der Waals surface area contributed by atoms with E-state index >= 15 is 0 Å². The van der Waals surface area contributed by atoms with Crippen LogP contribution in [0.15, 0.2) is 69.4 Å². The number of ether oxygens (including phenoxy) is 1. The molecule has 0 aliphatic heterocycles. The quantitative estimate of drug-likeness (QED) is 0.493. The molecule has 4 aromatic rings. The van der Waals surface area contributed by atoms with Crippen LogP contribution in [0.4, 0.5) is 0 Å². The van der Waals surface area contributed by atoms with Crippen LogP contribution in [0.1, 0.15) is 11.5 Å². The molecule has 0 saturated carbocycles. The summed E-state index contributed by atoms with van der Waals surface area (Å²) >= 11 is 1.32. The SMILES string of the molecule is COc1ccc(-c2nnc(Sc3ccc(C#N)nn3)n2Cc2ccco2)cc1. The van der Waals surface area contributed by atoms with Gasteiger partial charge in [0, 0.05) is 5.56 Å². The second-order valence-electron chi connectivity index (χ2n) is 5.67. The summed E-state index contributed by atoms with van der Waals surface area (Å²) in [5.74, 6) is 2.24. The van der Waals surface area contributed by atoms with E-state index in [9.17, 15) is 0 Å². The number of benzene rings is 1. The monoisotopic (exact) mass is 390 g/mol. The van der Waals surface area contributed by atoms with E-state index in [1.165, 1.54) is 11.8 Å². The predicted molar refractivity (Wildman–Crippen MR) is 101 cm³/mol. The fourth-order valence-electron chi connectivity index (χ4n) is 2.55. The number of nitrogens with zero attached hydrogens (tertiary/aromatic N) is 6. The number of furan rings is 1. The van der Waals surface area contributed by atoms with Crippen molar-refractivity contribution in [2.24, 2.45) is 0 Å². The van der Waals surface area contributed by atoms with E-state index in [-0.39, 0.29) is 5.69 Å². The average molecular weight is 390 g/mol. The van der Waals surface area contributed by atoms with Gasteiger partial charge >= 0.3 is 0 Å². The minimum absolute atomic E-state index is 0.264. The Kier molecular flexibility index (Phi) is 5.03. The van der Waals surface area contributed by atoms with Crippen molar-refractivity contribution in [1.29, 1.82) is 5.26 Å². The molecule has 3 heterocycles. The largest absolute Gasteiger partial charge is 0.497 e. The molecule has 8 nitrogen and oxygen atoms in total. The Morgan fingerprint density at radius 2 is 1.93 bits per heavy atom. The Bertz CT molecular complexity index is 1100. The normalized spacial score (nSPS) is 10.6. The van der Waals surface area contributed by atoms with Crippen molar-refractivity contribution in [2.45, 2.75) is 16.7 Å². The standard InChI is InChI=1S/C19H14N6O2S/c1-26-15-7-4-13(5-8-15)18-23-24-19(25(18)12-16-3-2-10-27-16)28-17-9-6-14(11-20)21-22-17/h2-10H,12H2,1H3. The number of nitriles is 1. The van der Waals surface area contributed by atoms with Crippen LogP contribution in [0.2, 0.25) is 0 Å². The van der Waals surface area contributed by atoms with Crippen molar-refractivity contribution in [3.8, 4) is 23.2 Å². The van der Waals surface area contributed by atoms with Crippen LogP contribution in [0.25, 0.3) is 11.4 Å². The second kappa shape index (κ2) is 7.94. The first kappa shape index (κ1) is 17.8. The molecule has 0 spiro atoms. The van der Waals surface area contributed by atoms with Crippen LogP contribution in [-0.2, 0) is 6.54 Å². The molecule has 0 radical (unpaired) electrons. The lowest BCUT2D eigenvalue weighted by molar-refractivity contribution is 0.415. The third-order valence-electron chi connectivity index (χ3n) is 3.91. The Morgan fingerprint density at radius 1 is 1.07 bits per heavy atom. The van der Waals surface area contributed by atoms with E-state index < -0.39 is 0 Å². The predicted octanol–water partition coefficient (Wildman–Crippen LogP) is 3.41. The molecule has 0 aliphatic rings. The molecule has 9 heteroatoms. The van der Waals surface area contributed by atoms with Crippen LogP contribution in [0.5, 0.6) is 5.75 Å². The lowest BCUT2D eigenvalue weighted by Crippen LogP contribution is -2.03. The maximum absolute atomic E-state index is 8.87. The molecule has 0 fully saturated rings. The van der Waals surface area contributed by atoms with Gasteiger partial charge in [-0.3, -0.25) is 4.57 Å². The first-order valence-corrected chi connectivity index (χ1v) is 9.10. The number of hydrogen-bond donors (Lipinski definition) is 0. The molecule has 0 aliphatic carbocycles. The van der Waals surface area contributed by atoms with Crippen molar-refractivity contribution in [2.75, 3.05) is 7.11 Å². The Labute approximate surface area is 164 Å². The van der Waals surface area contributed by atoms with Crippen molar-refractivity contribution in [3.05, 3.63) is 66.2 Å². The van der Waals surface area contributed by atoms with Gasteiger partial charge < -0.3 is 9.15 Å². The van der Waals surface area contributed by atoms with Crippen molar-refractivity contribution >= 4 is 11.8 Å². The molecule has 3 aromatic heterocycles. The Balaban J connectivity index is 1.70. The van der Waals surface area contributed by atoms with Gasteiger partial charge in [-0.25, -0.2) is 0 Å². The zero-order chi connectivity index (χ0) is 19.3. The van der Waals surface area contributed by atoms with Crippen LogP contribution in [-0.4, -0.2) is 32.1 Å². The number of methoxy groups -OCH3 is 1. The third-order valence-corrected chi connectivity index (χ3v) is 4.82. The lowest BCUT2D eigenvalue weighted by atomic mass is 10.2. The first-order valence-electron chi connectivity index (χ1n) is 8.28. The van der Waals surface area contributed by atoms with Gasteiger partial charge in [-0.1, -0.05) is 0 Å². The minimum atomic E-state index is 0.264.